The molecular weight excluding hydrogens is 420 g/mol. The number of aryl methyl sites for hydroxylation is 2. The average molecular weight is 439 g/mol. The number of benzene rings is 1. The van der Waals surface area contributed by atoms with E-state index in [1.807, 2.05) is 30.3 Å². The van der Waals surface area contributed by atoms with Crippen LogP contribution in [-0.2, 0) is 17.8 Å². The van der Waals surface area contributed by atoms with Gasteiger partial charge >= 0.3 is 0 Å². The molecule has 0 aliphatic heterocycles. The van der Waals surface area contributed by atoms with Crippen LogP contribution in [0.15, 0.2) is 58.1 Å². The number of hydrogen-bond acceptors (Lipinski definition) is 8. The molecule has 0 radical (unpaired) electrons. The van der Waals surface area contributed by atoms with Crippen molar-refractivity contribution < 1.29 is 4.79 Å². The van der Waals surface area contributed by atoms with Gasteiger partial charge in [-0.2, -0.15) is 0 Å². The number of hydrogen-bond donors (Lipinski definition) is 1. The van der Waals surface area contributed by atoms with Gasteiger partial charge in [-0.3, -0.25) is 14.2 Å². The third-order valence-corrected chi connectivity index (χ3v) is 5.90. The second kappa shape index (κ2) is 9.14. The molecule has 8 nitrogen and oxygen atoms in total. The van der Waals surface area contributed by atoms with Gasteiger partial charge in [-0.15, -0.1) is 11.3 Å². The first-order valence-electron chi connectivity index (χ1n) is 9.20. The first kappa shape index (κ1) is 20.2. The van der Waals surface area contributed by atoms with Crippen LogP contribution in [0, 0.1) is 6.92 Å². The van der Waals surface area contributed by atoms with Crippen LogP contribution in [0.2, 0.25) is 0 Å². The van der Waals surface area contributed by atoms with Crippen molar-refractivity contribution in [2.24, 2.45) is 0 Å². The molecule has 0 unspecified atom stereocenters. The lowest BCUT2D eigenvalue weighted by Crippen LogP contribution is -2.26. The number of anilines is 1. The van der Waals surface area contributed by atoms with Crippen molar-refractivity contribution in [1.82, 2.24) is 24.5 Å². The van der Waals surface area contributed by atoms with Gasteiger partial charge in [-0.05, 0) is 18.9 Å². The summed E-state index contributed by atoms with van der Waals surface area (Å²) in [7, 11) is 0. The third-order valence-electron chi connectivity index (χ3n) is 4.23. The molecule has 0 saturated heterocycles. The summed E-state index contributed by atoms with van der Waals surface area (Å²) in [4.78, 5) is 42.5. The van der Waals surface area contributed by atoms with Crippen LogP contribution in [0.3, 0.4) is 0 Å². The molecule has 152 valence electrons. The highest BCUT2D eigenvalue weighted by Crippen LogP contribution is 2.18. The summed E-state index contributed by atoms with van der Waals surface area (Å²) >= 11 is 2.54. The van der Waals surface area contributed by atoms with Crippen molar-refractivity contribution in [3.05, 3.63) is 69.7 Å². The quantitative estimate of drug-likeness (QED) is 0.350. The summed E-state index contributed by atoms with van der Waals surface area (Å²) in [6, 6.07) is 9.90. The van der Waals surface area contributed by atoms with E-state index in [0.29, 0.717) is 28.9 Å². The summed E-state index contributed by atoms with van der Waals surface area (Å²) in [6.07, 6.45) is 3.86. The van der Waals surface area contributed by atoms with Gasteiger partial charge in [0.15, 0.2) is 21.5 Å². The fourth-order valence-electron chi connectivity index (χ4n) is 2.83. The molecule has 1 N–H and O–H groups in total. The number of amides is 1. The monoisotopic (exact) mass is 438 g/mol. The van der Waals surface area contributed by atoms with Gasteiger partial charge in [0.25, 0.3) is 5.56 Å². The molecule has 1 aromatic carbocycles. The Morgan fingerprint density at radius 2 is 2.03 bits per heavy atom. The highest BCUT2D eigenvalue weighted by molar-refractivity contribution is 7.99. The number of carbonyl (C=O) groups is 1. The summed E-state index contributed by atoms with van der Waals surface area (Å²) in [5, 5.41) is 5.50. The molecule has 0 spiro atoms. The van der Waals surface area contributed by atoms with Crippen LogP contribution in [0.25, 0.3) is 11.2 Å². The summed E-state index contributed by atoms with van der Waals surface area (Å²) in [5.74, 6) is -0.115. The Morgan fingerprint density at radius 1 is 1.20 bits per heavy atom. The van der Waals surface area contributed by atoms with E-state index in [2.05, 4.69) is 25.3 Å². The predicted molar refractivity (Wildman–Crippen MR) is 118 cm³/mol. The van der Waals surface area contributed by atoms with Crippen molar-refractivity contribution >= 4 is 45.3 Å². The highest BCUT2D eigenvalue weighted by atomic mass is 32.2. The lowest BCUT2D eigenvalue weighted by Gasteiger charge is -2.12. The number of nitrogens with one attached hydrogen (secondary N) is 1. The predicted octanol–water partition coefficient (Wildman–Crippen LogP) is 2.92. The molecule has 4 rings (SSSR count). The molecular formula is C20H18N6O2S2. The van der Waals surface area contributed by atoms with Crippen molar-refractivity contribution in [3.8, 4) is 0 Å². The van der Waals surface area contributed by atoms with Crippen LogP contribution in [0.1, 0.15) is 11.3 Å². The Balaban J connectivity index is 1.61. The minimum atomic E-state index is -0.255. The lowest BCUT2D eigenvalue weighted by molar-refractivity contribution is -0.113. The number of thioether (sulfide) groups is 1. The number of thiazole rings is 1. The summed E-state index contributed by atoms with van der Waals surface area (Å²) < 4.78 is 1.57. The zero-order chi connectivity index (χ0) is 20.9. The number of aromatic nitrogens is 5. The molecule has 0 saturated carbocycles. The van der Waals surface area contributed by atoms with Crippen LogP contribution in [0.5, 0.6) is 0 Å². The van der Waals surface area contributed by atoms with Gasteiger partial charge in [0.2, 0.25) is 5.91 Å². The molecule has 0 fully saturated rings. The fourth-order valence-corrected chi connectivity index (χ4v) is 4.18. The first-order valence-corrected chi connectivity index (χ1v) is 11.1. The third kappa shape index (κ3) is 4.71. The molecule has 10 heteroatoms. The minimum Gasteiger partial charge on any atom is -0.301 e. The summed E-state index contributed by atoms with van der Waals surface area (Å²) in [6.45, 7) is 2.21. The number of rotatable bonds is 7. The normalized spacial score (nSPS) is 11.0. The average Bonchev–Trinajstić information content (AvgIpc) is 3.26. The van der Waals surface area contributed by atoms with Crippen LogP contribution >= 0.6 is 23.1 Å². The molecule has 30 heavy (non-hydrogen) atoms. The molecule has 0 atom stereocenters. The first-order chi connectivity index (χ1) is 14.6. The minimum absolute atomic E-state index is 0.0994. The zero-order valence-corrected chi connectivity index (χ0v) is 17.7. The van der Waals surface area contributed by atoms with Crippen LogP contribution in [-0.4, -0.2) is 36.2 Å². The van der Waals surface area contributed by atoms with E-state index < -0.39 is 0 Å². The van der Waals surface area contributed by atoms with E-state index in [4.69, 9.17) is 0 Å². The molecule has 3 aromatic heterocycles. The Morgan fingerprint density at radius 3 is 2.80 bits per heavy atom. The second-order valence-corrected chi connectivity index (χ2v) is 8.28. The van der Waals surface area contributed by atoms with E-state index in [0.717, 1.165) is 5.56 Å². The van der Waals surface area contributed by atoms with Crippen LogP contribution < -0.4 is 10.9 Å². The maximum atomic E-state index is 13.1. The van der Waals surface area contributed by atoms with E-state index in [1.165, 1.54) is 23.1 Å². The van der Waals surface area contributed by atoms with Crippen molar-refractivity contribution in [1.29, 1.82) is 0 Å². The highest BCUT2D eigenvalue weighted by Gasteiger charge is 2.16. The standard InChI is InChI=1S/C20H18N6O2S2/c1-13-11-22-17-16(23-13)18(28)26(9-7-14-5-3-2-4-6-14)20(25-17)30-12-15(27)24-19-21-8-10-29-19/h2-6,8,10-11H,7,9,12H2,1H3,(H,21,24,27). The second-order valence-electron chi connectivity index (χ2n) is 6.44. The zero-order valence-electron chi connectivity index (χ0n) is 16.1. The smallest absolute Gasteiger partial charge is 0.282 e. The number of fused-ring (bicyclic) bond motifs is 1. The number of carbonyl (C=O) groups excluding carboxylic acids is 1. The van der Waals surface area contributed by atoms with E-state index >= 15 is 0 Å². The molecule has 3 heterocycles. The van der Waals surface area contributed by atoms with Crippen molar-refractivity contribution in [2.75, 3.05) is 11.1 Å². The van der Waals surface area contributed by atoms with Crippen molar-refractivity contribution in [2.45, 2.75) is 25.0 Å². The Hall–Kier alpha value is -3.11. The molecule has 0 aliphatic carbocycles. The van der Waals surface area contributed by atoms with E-state index in [1.54, 1.807) is 29.3 Å². The van der Waals surface area contributed by atoms with Gasteiger partial charge in [0.1, 0.15) is 0 Å². The molecule has 0 aliphatic rings. The Kier molecular flexibility index (Phi) is 6.15. The Bertz CT molecular complexity index is 1230. The van der Waals surface area contributed by atoms with Gasteiger partial charge in [0.05, 0.1) is 17.6 Å². The van der Waals surface area contributed by atoms with Gasteiger partial charge in [-0.1, -0.05) is 42.1 Å². The summed E-state index contributed by atoms with van der Waals surface area (Å²) in [5.41, 5.74) is 2.02. The topological polar surface area (TPSA) is 103 Å². The van der Waals surface area contributed by atoms with Gasteiger partial charge in [0, 0.05) is 18.1 Å². The van der Waals surface area contributed by atoms with Crippen molar-refractivity contribution in [3.63, 3.8) is 0 Å². The Labute approximate surface area is 180 Å². The SMILES string of the molecule is Cc1cnc2nc(SCC(=O)Nc3nccs3)n(CCc3ccccc3)c(=O)c2n1. The van der Waals surface area contributed by atoms with E-state index in [-0.39, 0.29) is 28.4 Å². The molecule has 1 amide bonds. The van der Waals surface area contributed by atoms with E-state index in [9.17, 15) is 9.59 Å². The number of nitrogens with zero attached hydrogens (tertiary/aromatic N) is 5. The lowest BCUT2D eigenvalue weighted by atomic mass is 10.1. The largest absolute Gasteiger partial charge is 0.301 e. The van der Waals surface area contributed by atoms with Crippen LogP contribution in [0.4, 0.5) is 5.13 Å². The maximum Gasteiger partial charge on any atom is 0.282 e. The fraction of sp³-hybridized carbons (Fsp3) is 0.200. The molecule has 0 bridgehead atoms. The maximum absolute atomic E-state index is 13.1. The van der Waals surface area contributed by atoms with Gasteiger partial charge in [-0.25, -0.2) is 19.9 Å². The van der Waals surface area contributed by atoms with Gasteiger partial charge < -0.3 is 5.32 Å². The molecule has 4 aromatic rings.